The van der Waals surface area contributed by atoms with Crippen molar-refractivity contribution in [1.29, 1.82) is 0 Å². The third kappa shape index (κ3) is 2.56. The van der Waals surface area contributed by atoms with E-state index in [1.165, 1.54) is 43.1 Å². The molecule has 0 aromatic heterocycles. The van der Waals surface area contributed by atoms with Crippen molar-refractivity contribution in [2.45, 2.75) is 95.7 Å². The smallest absolute Gasteiger partial charge is 0.399 e. The molecule has 6 aliphatic rings. The molecule has 4 bridgehead atoms. The Morgan fingerprint density at radius 1 is 0.647 bits per heavy atom. The van der Waals surface area contributed by atoms with Gasteiger partial charge in [0.2, 0.25) is 0 Å². The van der Waals surface area contributed by atoms with E-state index in [4.69, 9.17) is 9.31 Å². The molecule has 1 aliphatic heterocycles. The Labute approximate surface area is 206 Å². The largest absolute Gasteiger partial charge is 0.494 e. The van der Waals surface area contributed by atoms with Crippen molar-refractivity contribution < 1.29 is 9.31 Å². The molecule has 0 amide bonds. The highest BCUT2D eigenvalue weighted by atomic mass is 16.7. The summed E-state index contributed by atoms with van der Waals surface area (Å²) >= 11 is 0. The highest BCUT2D eigenvalue weighted by Gasteiger charge is 2.62. The molecule has 8 rings (SSSR count). The maximum Gasteiger partial charge on any atom is 0.494 e. The predicted octanol–water partition coefficient (Wildman–Crippen LogP) is 6.37. The first-order valence-electron chi connectivity index (χ1n) is 13.6. The fourth-order valence-corrected chi connectivity index (χ4v) is 9.06. The van der Waals surface area contributed by atoms with Gasteiger partial charge in [-0.05, 0) is 111 Å². The van der Waals surface area contributed by atoms with Crippen LogP contribution >= 0.6 is 0 Å². The second kappa shape index (κ2) is 6.59. The molecule has 2 aromatic rings. The number of hydrogen-bond acceptors (Lipinski definition) is 2. The van der Waals surface area contributed by atoms with Crippen LogP contribution in [0.1, 0.15) is 95.9 Å². The van der Waals surface area contributed by atoms with E-state index in [2.05, 4.69) is 84.0 Å². The summed E-state index contributed by atoms with van der Waals surface area (Å²) in [4.78, 5) is 0. The van der Waals surface area contributed by atoms with Gasteiger partial charge in [0, 0.05) is 10.8 Å². The Morgan fingerprint density at radius 2 is 1.18 bits per heavy atom. The lowest BCUT2D eigenvalue weighted by Crippen LogP contribution is -2.59. The molecule has 1 saturated heterocycles. The van der Waals surface area contributed by atoms with Crippen molar-refractivity contribution >= 4 is 12.6 Å². The van der Waals surface area contributed by atoms with E-state index in [1.54, 1.807) is 16.7 Å². The average molecular weight is 454 g/mol. The summed E-state index contributed by atoms with van der Waals surface area (Å²) in [6.45, 7) is 13.5. The fraction of sp³-hybridized carbons (Fsp3) is 0.613. The maximum atomic E-state index is 6.53. The monoisotopic (exact) mass is 454 g/mol. The topological polar surface area (TPSA) is 18.5 Å². The van der Waals surface area contributed by atoms with Crippen molar-refractivity contribution in [3.05, 3.63) is 64.7 Å². The second-order valence-corrected chi connectivity index (χ2v) is 13.7. The van der Waals surface area contributed by atoms with Gasteiger partial charge in [0.05, 0.1) is 11.2 Å². The van der Waals surface area contributed by atoms with Gasteiger partial charge in [-0.15, -0.1) is 0 Å². The van der Waals surface area contributed by atoms with Crippen LogP contribution in [-0.4, -0.2) is 18.3 Å². The first kappa shape index (κ1) is 21.7. The molecule has 1 heterocycles. The number of fused-ring (bicyclic) bond motifs is 2. The SMILES string of the molecule is CC1(C)c2ccccc2C2(c3cc(B4OC(C)(C)C(C)(C)O4)ccc31)C1CC3CC(C1)CC2C3. The summed E-state index contributed by atoms with van der Waals surface area (Å²) in [5, 5.41) is 0. The summed E-state index contributed by atoms with van der Waals surface area (Å²) in [7, 11) is -0.301. The fourth-order valence-electron chi connectivity index (χ4n) is 9.06. The second-order valence-electron chi connectivity index (χ2n) is 13.7. The third-order valence-corrected chi connectivity index (χ3v) is 11.2. The molecule has 5 fully saturated rings. The van der Waals surface area contributed by atoms with E-state index in [0.29, 0.717) is 0 Å². The first-order valence-corrected chi connectivity index (χ1v) is 13.6. The van der Waals surface area contributed by atoms with Gasteiger partial charge in [-0.25, -0.2) is 0 Å². The predicted molar refractivity (Wildman–Crippen MR) is 139 cm³/mol. The van der Waals surface area contributed by atoms with Gasteiger partial charge in [0.15, 0.2) is 0 Å². The van der Waals surface area contributed by atoms with Crippen LogP contribution in [0.15, 0.2) is 42.5 Å². The Morgan fingerprint density at radius 3 is 1.76 bits per heavy atom. The minimum atomic E-state index is -0.320. The van der Waals surface area contributed by atoms with Gasteiger partial charge in [0.25, 0.3) is 0 Å². The van der Waals surface area contributed by atoms with E-state index in [9.17, 15) is 0 Å². The molecule has 34 heavy (non-hydrogen) atoms. The number of rotatable bonds is 1. The van der Waals surface area contributed by atoms with Crippen LogP contribution in [0, 0.1) is 23.7 Å². The van der Waals surface area contributed by atoms with E-state index < -0.39 is 0 Å². The van der Waals surface area contributed by atoms with E-state index in [0.717, 1.165) is 23.7 Å². The number of benzene rings is 2. The standard InChI is InChI=1S/C31H39BO2/c1-28(2)24-9-7-8-10-26(24)31(21-14-19-13-20(16-21)17-22(31)15-19)27-18-23(11-12-25(27)28)32-33-29(3,4)30(5,6)34-32/h7-12,18-22H,13-17H2,1-6H3. The Bertz CT molecular complexity index is 1130. The summed E-state index contributed by atoms with van der Waals surface area (Å²) in [5.41, 5.74) is 7.01. The molecule has 0 unspecified atom stereocenters. The van der Waals surface area contributed by atoms with Gasteiger partial charge in [0.1, 0.15) is 0 Å². The minimum absolute atomic E-state index is 0.000300. The molecule has 1 spiro atoms. The zero-order valence-corrected chi connectivity index (χ0v) is 21.8. The zero-order valence-electron chi connectivity index (χ0n) is 21.8. The summed E-state index contributed by atoms with van der Waals surface area (Å²) in [6, 6.07) is 16.7. The van der Waals surface area contributed by atoms with Gasteiger partial charge in [-0.1, -0.05) is 56.3 Å². The van der Waals surface area contributed by atoms with Crippen LogP contribution in [0.2, 0.25) is 0 Å². The van der Waals surface area contributed by atoms with Crippen LogP contribution in [0.3, 0.4) is 0 Å². The Hall–Kier alpha value is -1.58. The van der Waals surface area contributed by atoms with Crippen molar-refractivity contribution in [1.82, 2.24) is 0 Å². The van der Waals surface area contributed by atoms with Gasteiger partial charge in [-0.2, -0.15) is 0 Å². The highest BCUT2D eigenvalue weighted by molar-refractivity contribution is 6.62. The quantitative estimate of drug-likeness (QED) is 0.467. The average Bonchev–Trinajstić information content (AvgIpc) is 3.00. The van der Waals surface area contributed by atoms with Gasteiger partial charge in [-0.3, -0.25) is 0 Å². The van der Waals surface area contributed by atoms with E-state index in [1.807, 2.05) is 0 Å². The molecule has 5 aliphatic carbocycles. The van der Waals surface area contributed by atoms with Gasteiger partial charge >= 0.3 is 7.12 Å². The lowest BCUT2D eigenvalue weighted by molar-refractivity contribution is -0.0443. The maximum absolute atomic E-state index is 6.53. The number of hydrogen-bond donors (Lipinski definition) is 0. The lowest BCUT2D eigenvalue weighted by atomic mass is 9.39. The van der Waals surface area contributed by atoms with Crippen LogP contribution in [-0.2, 0) is 20.1 Å². The molecule has 2 nitrogen and oxygen atoms in total. The molecule has 4 saturated carbocycles. The van der Waals surface area contributed by atoms with Gasteiger partial charge < -0.3 is 9.31 Å². The lowest BCUT2D eigenvalue weighted by Gasteiger charge is -2.64. The molecule has 0 radical (unpaired) electrons. The zero-order chi connectivity index (χ0) is 23.7. The molecule has 0 N–H and O–H groups in total. The molecule has 0 atom stereocenters. The molecular formula is C31H39BO2. The van der Waals surface area contributed by atoms with Crippen LogP contribution in [0.25, 0.3) is 0 Å². The van der Waals surface area contributed by atoms with E-state index in [-0.39, 0.29) is 29.2 Å². The van der Waals surface area contributed by atoms with Crippen LogP contribution < -0.4 is 5.46 Å². The Kier molecular flexibility index (Phi) is 4.21. The minimum Gasteiger partial charge on any atom is -0.399 e. The van der Waals surface area contributed by atoms with Crippen LogP contribution in [0.5, 0.6) is 0 Å². The highest BCUT2D eigenvalue weighted by Crippen LogP contribution is 2.68. The first-order chi connectivity index (χ1) is 16.0. The molecule has 3 heteroatoms. The van der Waals surface area contributed by atoms with Crippen LogP contribution in [0.4, 0.5) is 0 Å². The molecule has 2 aromatic carbocycles. The third-order valence-electron chi connectivity index (χ3n) is 11.2. The Balaban J connectivity index is 1.45. The van der Waals surface area contributed by atoms with Crippen molar-refractivity contribution in [2.24, 2.45) is 23.7 Å². The summed E-state index contributed by atoms with van der Waals surface area (Å²) in [6.07, 6.45) is 7.10. The van der Waals surface area contributed by atoms with Crippen molar-refractivity contribution in [2.75, 3.05) is 0 Å². The molecule has 178 valence electrons. The molecular weight excluding hydrogens is 415 g/mol. The van der Waals surface area contributed by atoms with E-state index >= 15 is 0 Å². The van der Waals surface area contributed by atoms with Crippen molar-refractivity contribution in [3.63, 3.8) is 0 Å². The normalized spacial score (nSPS) is 37.6. The summed E-state index contributed by atoms with van der Waals surface area (Å²) in [5.74, 6) is 3.41. The van der Waals surface area contributed by atoms with Crippen molar-refractivity contribution in [3.8, 4) is 0 Å². The summed E-state index contributed by atoms with van der Waals surface area (Å²) < 4.78 is 13.1.